The lowest BCUT2D eigenvalue weighted by atomic mass is 10.3. The molecule has 10 heteroatoms. The third-order valence-corrected chi connectivity index (χ3v) is 5.17. The van der Waals surface area contributed by atoms with E-state index in [9.17, 15) is 4.79 Å². The molecule has 7 nitrogen and oxygen atoms in total. The van der Waals surface area contributed by atoms with Crippen LogP contribution in [-0.4, -0.2) is 68.0 Å². The summed E-state index contributed by atoms with van der Waals surface area (Å²) < 4.78 is 10.9. The Morgan fingerprint density at radius 3 is 2.55 bits per heavy atom. The van der Waals surface area contributed by atoms with Gasteiger partial charge in [-0.1, -0.05) is 29.3 Å². The van der Waals surface area contributed by atoms with Crippen LogP contribution in [0.15, 0.2) is 46.0 Å². The Morgan fingerprint density at radius 1 is 1.17 bits per heavy atom. The van der Waals surface area contributed by atoms with Gasteiger partial charge in [-0.05, 0) is 24.3 Å². The van der Waals surface area contributed by atoms with Gasteiger partial charge >= 0.3 is 0 Å². The van der Waals surface area contributed by atoms with Crippen molar-refractivity contribution in [1.82, 2.24) is 15.1 Å². The van der Waals surface area contributed by atoms with Crippen LogP contribution >= 0.6 is 47.2 Å². The highest BCUT2D eigenvalue weighted by Crippen LogP contribution is 2.31. The molecule has 2 heterocycles. The number of amides is 1. The number of ether oxygens (including phenoxy) is 1. The predicted molar refractivity (Wildman–Crippen MR) is 125 cm³/mol. The minimum Gasteiger partial charge on any atom is -0.490 e. The number of piperazine rings is 1. The zero-order chi connectivity index (χ0) is 19.9. The normalized spacial score (nSPS) is 14.4. The summed E-state index contributed by atoms with van der Waals surface area (Å²) in [4.78, 5) is 20.5. The number of aliphatic imine (C=N–C) groups is 1. The molecule has 0 atom stereocenters. The maximum Gasteiger partial charge on any atom is 0.289 e. The van der Waals surface area contributed by atoms with E-state index >= 15 is 0 Å². The summed E-state index contributed by atoms with van der Waals surface area (Å²) in [6.45, 7) is 3.56. The molecule has 1 aromatic carbocycles. The summed E-state index contributed by atoms with van der Waals surface area (Å²) >= 11 is 12.1. The van der Waals surface area contributed by atoms with Crippen LogP contribution in [0.5, 0.6) is 5.75 Å². The van der Waals surface area contributed by atoms with Crippen LogP contribution in [-0.2, 0) is 0 Å². The minimum absolute atomic E-state index is 0. The highest BCUT2D eigenvalue weighted by molar-refractivity contribution is 14.0. The fourth-order valence-electron chi connectivity index (χ4n) is 2.93. The van der Waals surface area contributed by atoms with Crippen molar-refractivity contribution < 1.29 is 13.9 Å². The molecule has 1 saturated heterocycles. The molecule has 2 aromatic rings. The topological polar surface area (TPSA) is 70.3 Å². The smallest absolute Gasteiger partial charge is 0.289 e. The molecule has 0 spiro atoms. The van der Waals surface area contributed by atoms with E-state index in [1.165, 1.54) is 6.26 Å². The maximum atomic E-state index is 12.3. The average molecular weight is 553 g/mol. The number of halogens is 3. The number of nitrogens with one attached hydrogen (secondary N) is 1. The van der Waals surface area contributed by atoms with E-state index in [0.29, 0.717) is 60.9 Å². The monoisotopic (exact) mass is 552 g/mol. The number of benzene rings is 1. The van der Waals surface area contributed by atoms with Gasteiger partial charge in [-0.2, -0.15) is 0 Å². The second-order valence-corrected chi connectivity index (χ2v) is 6.92. The Morgan fingerprint density at radius 2 is 1.90 bits per heavy atom. The largest absolute Gasteiger partial charge is 0.490 e. The third-order valence-electron chi connectivity index (χ3n) is 4.37. The van der Waals surface area contributed by atoms with Crippen molar-refractivity contribution in [2.45, 2.75) is 0 Å². The highest BCUT2D eigenvalue weighted by Gasteiger charge is 2.25. The van der Waals surface area contributed by atoms with Crippen molar-refractivity contribution in [3.63, 3.8) is 0 Å². The van der Waals surface area contributed by atoms with Gasteiger partial charge in [0.25, 0.3) is 5.91 Å². The Hall–Kier alpha value is -1.65. The van der Waals surface area contributed by atoms with Gasteiger partial charge in [0.1, 0.15) is 17.4 Å². The molecule has 158 valence electrons. The maximum absolute atomic E-state index is 12.3. The van der Waals surface area contributed by atoms with E-state index in [-0.39, 0.29) is 29.9 Å². The minimum atomic E-state index is -0.0839. The second kappa shape index (κ2) is 11.5. The summed E-state index contributed by atoms with van der Waals surface area (Å²) in [6, 6.07) is 8.68. The quantitative estimate of drug-likeness (QED) is 0.265. The van der Waals surface area contributed by atoms with Crippen LogP contribution in [0.25, 0.3) is 0 Å². The van der Waals surface area contributed by atoms with E-state index in [0.717, 1.165) is 5.96 Å². The second-order valence-electron chi connectivity index (χ2n) is 6.13. The van der Waals surface area contributed by atoms with E-state index in [2.05, 4.69) is 15.2 Å². The standard InChI is InChI=1S/C19H22Cl2N4O3.HI/c1-22-19(23-7-13-28-15-5-2-4-14(20)17(15)21)25-10-8-24(9-11-25)18(26)16-6-3-12-27-16;/h2-6,12H,7-11,13H2,1H3,(H,22,23);1H. The molecule has 0 saturated carbocycles. The average Bonchev–Trinajstić information content (AvgIpc) is 3.25. The molecule has 1 N–H and O–H groups in total. The van der Waals surface area contributed by atoms with Crippen LogP contribution in [0.2, 0.25) is 10.0 Å². The van der Waals surface area contributed by atoms with Gasteiger partial charge in [-0.25, -0.2) is 0 Å². The number of rotatable bonds is 5. The van der Waals surface area contributed by atoms with Crippen molar-refractivity contribution in [2.75, 3.05) is 46.4 Å². The summed E-state index contributed by atoms with van der Waals surface area (Å²) in [5.74, 6) is 1.61. The van der Waals surface area contributed by atoms with Crippen molar-refractivity contribution in [3.8, 4) is 5.75 Å². The molecule has 1 aliphatic rings. The third kappa shape index (κ3) is 6.16. The van der Waals surface area contributed by atoms with Crippen LogP contribution in [0.1, 0.15) is 10.6 Å². The number of nitrogens with zero attached hydrogens (tertiary/aromatic N) is 3. The molecule has 0 bridgehead atoms. The van der Waals surface area contributed by atoms with Crippen molar-refractivity contribution in [1.29, 1.82) is 0 Å². The van der Waals surface area contributed by atoms with Crippen LogP contribution in [0, 0.1) is 0 Å². The highest BCUT2D eigenvalue weighted by atomic mass is 127. The number of hydrogen-bond donors (Lipinski definition) is 1. The summed E-state index contributed by atoms with van der Waals surface area (Å²) in [5.41, 5.74) is 0. The van der Waals surface area contributed by atoms with E-state index in [4.69, 9.17) is 32.4 Å². The van der Waals surface area contributed by atoms with Gasteiger partial charge < -0.3 is 24.3 Å². The lowest BCUT2D eigenvalue weighted by Gasteiger charge is -2.36. The van der Waals surface area contributed by atoms with Gasteiger partial charge in [0.15, 0.2) is 11.7 Å². The Labute approximate surface area is 197 Å². The fraction of sp³-hybridized carbons (Fsp3) is 0.368. The molecule has 1 aliphatic heterocycles. The predicted octanol–water partition coefficient (Wildman–Crippen LogP) is 3.62. The summed E-state index contributed by atoms with van der Waals surface area (Å²) in [7, 11) is 1.73. The van der Waals surface area contributed by atoms with Crippen molar-refractivity contribution in [2.24, 2.45) is 4.99 Å². The SMILES string of the molecule is CN=C(NCCOc1cccc(Cl)c1Cl)N1CCN(C(=O)c2ccco2)CC1.I. The summed E-state index contributed by atoms with van der Waals surface area (Å²) in [6.07, 6.45) is 1.51. The lowest BCUT2D eigenvalue weighted by molar-refractivity contribution is 0.0657. The Bertz CT molecular complexity index is 825. The van der Waals surface area contributed by atoms with Crippen molar-refractivity contribution in [3.05, 3.63) is 52.4 Å². The first kappa shape index (κ1) is 23.6. The molecule has 1 fully saturated rings. The van der Waals surface area contributed by atoms with E-state index in [1.54, 1.807) is 42.3 Å². The molecular weight excluding hydrogens is 530 g/mol. The number of carbonyl (C=O) groups is 1. The van der Waals surface area contributed by atoms with Gasteiger partial charge in [0.05, 0.1) is 17.8 Å². The Kier molecular flexibility index (Phi) is 9.38. The molecule has 3 rings (SSSR count). The zero-order valence-corrected chi connectivity index (χ0v) is 19.8. The lowest BCUT2D eigenvalue weighted by Crippen LogP contribution is -2.54. The Balaban J connectivity index is 0.00000300. The molecule has 1 aromatic heterocycles. The fourth-order valence-corrected chi connectivity index (χ4v) is 3.28. The number of hydrogen-bond acceptors (Lipinski definition) is 4. The molecule has 1 amide bonds. The number of guanidine groups is 1. The first-order chi connectivity index (χ1) is 13.6. The van der Waals surface area contributed by atoms with Gasteiger partial charge in [0, 0.05) is 33.2 Å². The molecule has 0 aliphatic carbocycles. The van der Waals surface area contributed by atoms with Crippen LogP contribution in [0.4, 0.5) is 0 Å². The molecule has 0 radical (unpaired) electrons. The number of furan rings is 1. The first-order valence-electron chi connectivity index (χ1n) is 8.95. The van der Waals surface area contributed by atoms with Crippen LogP contribution in [0.3, 0.4) is 0 Å². The van der Waals surface area contributed by atoms with E-state index in [1.807, 2.05) is 0 Å². The molecular formula is C19H23Cl2IN4O3. The van der Waals surface area contributed by atoms with Crippen molar-refractivity contribution >= 4 is 59.0 Å². The van der Waals surface area contributed by atoms with E-state index < -0.39 is 0 Å². The van der Waals surface area contributed by atoms with Gasteiger partial charge in [0.2, 0.25) is 0 Å². The van der Waals surface area contributed by atoms with Gasteiger partial charge in [-0.3, -0.25) is 9.79 Å². The zero-order valence-electron chi connectivity index (χ0n) is 15.9. The molecule has 29 heavy (non-hydrogen) atoms. The first-order valence-corrected chi connectivity index (χ1v) is 9.71. The number of carbonyl (C=O) groups excluding carboxylic acids is 1. The molecule has 0 unspecified atom stereocenters. The van der Waals surface area contributed by atoms with Gasteiger partial charge in [-0.15, -0.1) is 24.0 Å². The summed E-state index contributed by atoms with van der Waals surface area (Å²) in [5, 5.41) is 4.14. The van der Waals surface area contributed by atoms with Crippen LogP contribution < -0.4 is 10.1 Å².